The lowest BCUT2D eigenvalue weighted by Gasteiger charge is -2.02. The summed E-state index contributed by atoms with van der Waals surface area (Å²) in [5, 5.41) is 0.704. The minimum absolute atomic E-state index is 0.123. The highest BCUT2D eigenvalue weighted by Gasteiger charge is 2.00. The van der Waals surface area contributed by atoms with E-state index in [1.165, 1.54) is 7.11 Å². The smallest absolute Gasteiger partial charge is 0.243 e. The number of hydroxylamine groups is 1. The van der Waals surface area contributed by atoms with Crippen LogP contribution in [0.25, 0.3) is 0 Å². The van der Waals surface area contributed by atoms with E-state index in [2.05, 4.69) is 10.3 Å². The molecule has 0 aliphatic rings. The van der Waals surface area contributed by atoms with Crippen molar-refractivity contribution < 1.29 is 9.63 Å². The van der Waals surface area contributed by atoms with Gasteiger partial charge in [-0.3, -0.25) is 9.63 Å². The van der Waals surface area contributed by atoms with Gasteiger partial charge >= 0.3 is 0 Å². The molecule has 1 aromatic carbocycles. The van der Waals surface area contributed by atoms with Crippen LogP contribution in [0, 0.1) is 0 Å². The number of carbonyl (C=O) groups is 1. The summed E-state index contributed by atoms with van der Waals surface area (Å²) in [5.74, 6) is -0.123. The van der Waals surface area contributed by atoms with Gasteiger partial charge in [0.2, 0.25) is 5.91 Å². The maximum atomic E-state index is 11.0. The standard InChI is InChI=1S/C10H12ClNO2/c1-14-12-10(13)7-4-8-2-5-9(11)6-3-8/h2-3,5-6H,4,7H2,1H3,(H,12,13). The molecule has 0 aliphatic heterocycles. The van der Waals surface area contributed by atoms with Crippen LogP contribution in [0.5, 0.6) is 0 Å². The number of hydrogen-bond donors (Lipinski definition) is 1. The van der Waals surface area contributed by atoms with Crippen molar-refractivity contribution in [2.24, 2.45) is 0 Å². The van der Waals surface area contributed by atoms with Crippen molar-refractivity contribution in [3.05, 3.63) is 34.9 Å². The molecule has 0 atom stereocenters. The van der Waals surface area contributed by atoms with Crippen LogP contribution in [0.3, 0.4) is 0 Å². The second-order valence-electron chi connectivity index (χ2n) is 2.86. The minimum Gasteiger partial charge on any atom is -0.277 e. The Hall–Kier alpha value is -1.06. The van der Waals surface area contributed by atoms with Gasteiger partial charge < -0.3 is 0 Å². The summed E-state index contributed by atoms with van der Waals surface area (Å²) in [7, 11) is 1.42. The Bertz CT molecular complexity index is 297. The van der Waals surface area contributed by atoms with Gasteiger partial charge in [0.1, 0.15) is 0 Å². The van der Waals surface area contributed by atoms with Crippen molar-refractivity contribution in [3.63, 3.8) is 0 Å². The number of halogens is 1. The lowest BCUT2D eigenvalue weighted by Crippen LogP contribution is -2.21. The zero-order chi connectivity index (χ0) is 10.4. The van der Waals surface area contributed by atoms with E-state index in [4.69, 9.17) is 11.6 Å². The average Bonchev–Trinajstić information content (AvgIpc) is 2.17. The van der Waals surface area contributed by atoms with Crippen LogP contribution in [0.4, 0.5) is 0 Å². The molecule has 0 aromatic heterocycles. The highest BCUT2D eigenvalue weighted by Crippen LogP contribution is 2.10. The molecule has 0 saturated carbocycles. The van der Waals surface area contributed by atoms with Crippen LogP contribution in [0.1, 0.15) is 12.0 Å². The highest BCUT2D eigenvalue weighted by molar-refractivity contribution is 6.30. The third-order valence-electron chi connectivity index (χ3n) is 1.77. The Morgan fingerprint density at radius 1 is 1.43 bits per heavy atom. The number of hydrogen-bond acceptors (Lipinski definition) is 2. The molecule has 0 fully saturated rings. The summed E-state index contributed by atoms with van der Waals surface area (Å²) in [6.07, 6.45) is 1.10. The number of rotatable bonds is 4. The first kappa shape index (κ1) is 11.0. The van der Waals surface area contributed by atoms with Crippen LogP contribution in [0.15, 0.2) is 24.3 Å². The molecule has 76 valence electrons. The Morgan fingerprint density at radius 2 is 2.07 bits per heavy atom. The number of benzene rings is 1. The van der Waals surface area contributed by atoms with Gasteiger partial charge in [0.05, 0.1) is 7.11 Å². The lowest BCUT2D eigenvalue weighted by atomic mass is 10.1. The predicted molar refractivity (Wildman–Crippen MR) is 54.9 cm³/mol. The van der Waals surface area contributed by atoms with Crippen molar-refractivity contribution in [2.45, 2.75) is 12.8 Å². The van der Waals surface area contributed by atoms with Gasteiger partial charge in [0, 0.05) is 11.4 Å². The van der Waals surface area contributed by atoms with Gasteiger partial charge in [-0.1, -0.05) is 23.7 Å². The van der Waals surface area contributed by atoms with E-state index in [1.807, 2.05) is 24.3 Å². The predicted octanol–water partition coefficient (Wildman–Crippen LogP) is 1.95. The third-order valence-corrected chi connectivity index (χ3v) is 2.02. The molecular weight excluding hydrogens is 202 g/mol. The van der Waals surface area contributed by atoms with Crippen LogP contribution in [-0.4, -0.2) is 13.0 Å². The summed E-state index contributed by atoms with van der Waals surface area (Å²) < 4.78 is 0. The zero-order valence-corrected chi connectivity index (χ0v) is 8.67. The topological polar surface area (TPSA) is 38.3 Å². The molecule has 0 heterocycles. The first-order valence-corrected chi connectivity index (χ1v) is 4.66. The monoisotopic (exact) mass is 213 g/mol. The third kappa shape index (κ3) is 3.77. The molecule has 0 unspecified atom stereocenters. The number of carbonyl (C=O) groups excluding carboxylic acids is 1. The first-order chi connectivity index (χ1) is 6.72. The second kappa shape index (κ2) is 5.62. The molecule has 0 saturated heterocycles. The fraction of sp³-hybridized carbons (Fsp3) is 0.300. The van der Waals surface area contributed by atoms with Crippen molar-refractivity contribution in [2.75, 3.05) is 7.11 Å². The van der Waals surface area contributed by atoms with Crippen LogP contribution < -0.4 is 5.48 Å². The van der Waals surface area contributed by atoms with Crippen molar-refractivity contribution in [1.82, 2.24) is 5.48 Å². The van der Waals surface area contributed by atoms with Gasteiger partial charge in [0.25, 0.3) is 0 Å². The zero-order valence-electron chi connectivity index (χ0n) is 7.92. The number of aryl methyl sites for hydroxylation is 1. The Labute approximate surface area is 88.0 Å². The minimum atomic E-state index is -0.123. The Morgan fingerprint density at radius 3 is 2.64 bits per heavy atom. The van der Waals surface area contributed by atoms with Crippen LogP contribution in [0.2, 0.25) is 5.02 Å². The largest absolute Gasteiger partial charge is 0.277 e. The Balaban J connectivity index is 2.38. The number of amides is 1. The van der Waals surface area contributed by atoms with Crippen LogP contribution in [-0.2, 0) is 16.1 Å². The summed E-state index contributed by atoms with van der Waals surface area (Å²) in [5.41, 5.74) is 3.35. The molecule has 1 aromatic rings. The summed E-state index contributed by atoms with van der Waals surface area (Å²) in [6, 6.07) is 7.43. The van der Waals surface area contributed by atoms with E-state index < -0.39 is 0 Å². The van der Waals surface area contributed by atoms with Gasteiger partial charge in [0.15, 0.2) is 0 Å². The fourth-order valence-corrected chi connectivity index (χ4v) is 1.20. The van der Waals surface area contributed by atoms with E-state index in [0.717, 1.165) is 5.56 Å². The Kier molecular flexibility index (Phi) is 4.43. The fourth-order valence-electron chi connectivity index (χ4n) is 1.07. The summed E-state index contributed by atoms with van der Waals surface area (Å²) >= 11 is 5.72. The van der Waals surface area contributed by atoms with E-state index in [-0.39, 0.29) is 5.91 Å². The molecule has 1 rings (SSSR count). The highest BCUT2D eigenvalue weighted by atomic mass is 35.5. The molecule has 4 heteroatoms. The van der Waals surface area contributed by atoms with Gasteiger partial charge in [-0.05, 0) is 24.1 Å². The second-order valence-corrected chi connectivity index (χ2v) is 3.29. The molecular formula is C10H12ClNO2. The van der Waals surface area contributed by atoms with E-state index >= 15 is 0 Å². The summed E-state index contributed by atoms with van der Waals surface area (Å²) in [4.78, 5) is 15.5. The molecule has 0 spiro atoms. The van der Waals surface area contributed by atoms with Crippen molar-refractivity contribution in [1.29, 1.82) is 0 Å². The molecule has 1 amide bonds. The van der Waals surface area contributed by atoms with E-state index in [1.54, 1.807) is 0 Å². The lowest BCUT2D eigenvalue weighted by molar-refractivity contribution is -0.131. The van der Waals surface area contributed by atoms with E-state index in [9.17, 15) is 4.79 Å². The van der Waals surface area contributed by atoms with Gasteiger partial charge in [-0.15, -0.1) is 0 Å². The summed E-state index contributed by atoms with van der Waals surface area (Å²) in [6.45, 7) is 0. The quantitative estimate of drug-likeness (QED) is 0.777. The SMILES string of the molecule is CONC(=O)CCc1ccc(Cl)cc1. The van der Waals surface area contributed by atoms with E-state index in [0.29, 0.717) is 17.9 Å². The molecule has 0 aliphatic carbocycles. The van der Waals surface area contributed by atoms with Gasteiger partial charge in [-0.25, -0.2) is 5.48 Å². The molecule has 14 heavy (non-hydrogen) atoms. The van der Waals surface area contributed by atoms with Crippen LogP contribution >= 0.6 is 11.6 Å². The number of nitrogens with one attached hydrogen (secondary N) is 1. The first-order valence-electron chi connectivity index (χ1n) is 4.28. The normalized spacial score (nSPS) is 9.86. The maximum absolute atomic E-state index is 11.0. The van der Waals surface area contributed by atoms with Gasteiger partial charge in [-0.2, -0.15) is 0 Å². The molecule has 3 nitrogen and oxygen atoms in total. The van der Waals surface area contributed by atoms with Crippen molar-refractivity contribution >= 4 is 17.5 Å². The average molecular weight is 214 g/mol. The molecule has 1 N–H and O–H groups in total. The maximum Gasteiger partial charge on any atom is 0.243 e. The molecule has 0 radical (unpaired) electrons. The van der Waals surface area contributed by atoms with Crippen molar-refractivity contribution in [3.8, 4) is 0 Å². The molecule has 0 bridgehead atoms.